The number of amides is 3. The molecule has 37 heavy (non-hydrogen) atoms. The van der Waals surface area contributed by atoms with Gasteiger partial charge in [-0.2, -0.15) is 0 Å². The van der Waals surface area contributed by atoms with Gasteiger partial charge in [-0.25, -0.2) is 9.18 Å². The topological polar surface area (TPSA) is 137 Å². The predicted molar refractivity (Wildman–Crippen MR) is 140 cm³/mol. The number of benzene rings is 3. The maximum absolute atomic E-state index is 13.0. The van der Waals surface area contributed by atoms with Gasteiger partial charge in [0.05, 0.1) is 18.2 Å². The van der Waals surface area contributed by atoms with Crippen LogP contribution in [0.5, 0.6) is 5.75 Å². The van der Waals surface area contributed by atoms with Gasteiger partial charge in [0.15, 0.2) is 0 Å². The van der Waals surface area contributed by atoms with Crippen molar-refractivity contribution in [3.05, 3.63) is 94.8 Å². The summed E-state index contributed by atoms with van der Waals surface area (Å²) in [6, 6.07) is 17.4. The fourth-order valence-corrected chi connectivity index (χ4v) is 3.96. The monoisotopic (exact) mass is 508 g/mol. The largest absolute Gasteiger partial charge is 0.506 e. The Labute approximate surface area is 215 Å². The predicted octanol–water partition coefficient (Wildman–Crippen LogP) is 3.53. The summed E-state index contributed by atoms with van der Waals surface area (Å²) >= 11 is 0. The van der Waals surface area contributed by atoms with Crippen molar-refractivity contribution in [2.24, 2.45) is 5.73 Å². The molecule has 0 aliphatic carbocycles. The molecule has 1 unspecified atom stereocenters. The van der Waals surface area contributed by atoms with Crippen LogP contribution in [-0.2, 0) is 24.2 Å². The van der Waals surface area contributed by atoms with E-state index in [1.807, 2.05) is 38.1 Å². The fraction of sp³-hybridized carbons (Fsp3) is 0.286. The molecule has 0 saturated heterocycles. The molecule has 3 amide bonds. The van der Waals surface area contributed by atoms with E-state index in [1.54, 1.807) is 18.2 Å². The Hall–Kier alpha value is -3.95. The molecule has 3 aromatic rings. The molecule has 9 heteroatoms. The number of phenolic OH excluding ortho intramolecular Hbond substituents is 1. The van der Waals surface area contributed by atoms with Crippen molar-refractivity contribution < 1.29 is 24.2 Å². The Kier molecular flexibility index (Phi) is 9.21. The molecule has 7 N–H and O–H groups in total. The summed E-state index contributed by atoms with van der Waals surface area (Å²) in [6.45, 7) is 4.59. The summed E-state index contributed by atoms with van der Waals surface area (Å²) in [4.78, 5) is 23.5. The van der Waals surface area contributed by atoms with Crippen LogP contribution in [0.2, 0.25) is 0 Å². The van der Waals surface area contributed by atoms with E-state index >= 15 is 0 Å². The van der Waals surface area contributed by atoms with Gasteiger partial charge in [-0.15, -0.1) is 0 Å². The number of primary amides is 1. The third-order valence-corrected chi connectivity index (χ3v) is 5.84. The molecule has 0 aromatic heterocycles. The summed E-state index contributed by atoms with van der Waals surface area (Å²) < 4.78 is 13.0. The lowest BCUT2D eigenvalue weighted by Crippen LogP contribution is -2.43. The molecule has 3 aromatic carbocycles. The summed E-state index contributed by atoms with van der Waals surface area (Å²) in [5.74, 6) is -0.584. The van der Waals surface area contributed by atoms with Gasteiger partial charge in [-0.1, -0.05) is 42.5 Å². The number of rotatable bonds is 11. The standard InChI is InChI=1S/C28H33FN4O4/c1-28(2,32-17-25(35)21-8-11-24(34)23(14-21)33-27(30)37)15-20-5-3-4-19(12-20)13-26(36)31-16-18-6-9-22(29)10-7-18/h3-12,14,25,32,34-35H,13,15-17H2,1-2H3,(H,31,36)(H3,30,33,37). The first kappa shape index (κ1) is 27.6. The second-order valence-corrected chi connectivity index (χ2v) is 9.62. The summed E-state index contributed by atoms with van der Waals surface area (Å²) in [7, 11) is 0. The Morgan fingerprint density at radius 3 is 2.41 bits per heavy atom. The maximum Gasteiger partial charge on any atom is 0.316 e. The molecule has 0 heterocycles. The number of carbonyl (C=O) groups is 2. The molecule has 0 bridgehead atoms. The molecule has 0 aliphatic heterocycles. The van der Waals surface area contributed by atoms with E-state index < -0.39 is 12.1 Å². The number of hydrogen-bond donors (Lipinski definition) is 6. The number of carbonyl (C=O) groups excluding carboxylic acids is 2. The Balaban J connectivity index is 1.53. The van der Waals surface area contributed by atoms with E-state index in [1.165, 1.54) is 24.3 Å². The third kappa shape index (κ3) is 8.89. The summed E-state index contributed by atoms with van der Waals surface area (Å²) in [5, 5.41) is 29.0. The number of nitrogens with one attached hydrogen (secondary N) is 3. The van der Waals surface area contributed by atoms with Crippen LogP contribution in [0.4, 0.5) is 14.9 Å². The van der Waals surface area contributed by atoms with Crippen LogP contribution < -0.4 is 21.7 Å². The first-order valence-electron chi connectivity index (χ1n) is 11.9. The van der Waals surface area contributed by atoms with Gasteiger partial charge in [0.1, 0.15) is 11.6 Å². The van der Waals surface area contributed by atoms with E-state index in [0.717, 1.165) is 16.7 Å². The lowest BCUT2D eigenvalue weighted by molar-refractivity contribution is -0.120. The lowest BCUT2D eigenvalue weighted by atomic mass is 9.93. The van der Waals surface area contributed by atoms with Crippen LogP contribution in [-0.4, -0.2) is 34.2 Å². The van der Waals surface area contributed by atoms with Crippen molar-refractivity contribution in [2.75, 3.05) is 11.9 Å². The van der Waals surface area contributed by atoms with Crippen LogP contribution in [0, 0.1) is 5.82 Å². The number of urea groups is 1. The lowest BCUT2D eigenvalue weighted by Gasteiger charge is -2.28. The molecule has 0 radical (unpaired) electrons. The van der Waals surface area contributed by atoms with E-state index in [-0.39, 0.29) is 41.7 Å². The second-order valence-electron chi connectivity index (χ2n) is 9.62. The maximum atomic E-state index is 13.0. The molecule has 0 aliphatic rings. The molecular weight excluding hydrogens is 475 g/mol. The van der Waals surface area contributed by atoms with Gasteiger partial charge in [-0.05, 0) is 66.8 Å². The average molecular weight is 509 g/mol. The average Bonchev–Trinajstić information content (AvgIpc) is 2.83. The zero-order chi connectivity index (χ0) is 27.0. The van der Waals surface area contributed by atoms with Crippen molar-refractivity contribution in [2.45, 2.75) is 44.9 Å². The van der Waals surface area contributed by atoms with Crippen LogP contribution >= 0.6 is 0 Å². The van der Waals surface area contributed by atoms with Gasteiger partial charge in [-0.3, -0.25) is 4.79 Å². The minimum absolute atomic E-state index is 0.124. The molecule has 1 atom stereocenters. The molecule has 0 saturated carbocycles. The van der Waals surface area contributed by atoms with Gasteiger partial charge < -0.3 is 31.9 Å². The van der Waals surface area contributed by atoms with E-state index in [9.17, 15) is 24.2 Å². The molecule has 0 spiro atoms. The van der Waals surface area contributed by atoms with Gasteiger partial charge in [0.2, 0.25) is 5.91 Å². The normalized spacial score (nSPS) is 12.1. The van der Waals surface area contributed by atoms with Crippen LogP contribution in [0.15, 0.2) is 66.7 Å². The Bertz CT molecular complexity index is 1230. The minimum atomic E-state index is -0.885. The van der Waals surface area contributed by atoms with Crippen molar-refractivity contribution in [1.82, 2.24) is 10.6 Å². The Morgan fingerprint density at radius 1 is 1.00 bits per heavy atom. The molecule has 3 rings (SSSR count). The number of aromatic hydroxyl groups is 1. The highest BCUT2D eigenvalue weighted by molar-refractivity contribution is 5.89. The number of halogens is 1. The zero-order valence-electron chi connectivity index (χ0n) is 20.9. The number of anilines is 1. The SMILES string of the molecule is CC(C)(Cc1cccc(CC(=O)NCc2ccc(F)cc2)c1)NCC(O)c1ccc(O)c(NC(N)=O)c1. The van der Waals surface area contributed by atoms with Gasteiger partial charge in [0.25, 0.3) is 0 Å². The highest BCUT2D eigenvalue weighted by atomic mass is 19.1. The quantitative estimate of drug-likeness (QED) is 0.220. The second kappa shape index (κ2) is 12.3. The number of aliphatic hydroxyl groups excluding tert-OH is 1. The van der Waals surface area contributed by atoms with Crippen molar-refractivity contribution in [3.63, 3.8) is 0 Å². The summed E-state index contributed by atoms with van der Waals surface area (Å²) in [6.07, 6.45) is -0.0108. The van der Waals surface area contributed by atoms with E-state index in [4.69, 9.17) is 5.73 Å². The first-order chi connectivity index (χ1) is 17.5. The van der Waals surface area contributed by atoms with Gasteiger partial charge in [0, 0.05) is 18.6 Å². The molecular formula is C28H33FN4O4. The van der Waals surface area contributed by atoms with Crippen LogP contribution in [0.1, 0.15) is 42.2 Å². The first-order valence-corrected chi connectivity index (χ1v) is 11.9. The van der Waals surface area contributed by atoms with Crippen molar-refractivity contribution in [1.29, 1.82) is 0 Å². The van der Waals surface area contributed by atoms with Crippen molar-refractivity contribution in [3.8, 4) is 5.75 Å². The third-order valence-electron chi connectivity index (χ3n) is 5.84. The molecule has 8 nitrogen and oxygen atoms in total. The number of phenols is 1. The smallest absolute Gasteiger partial charge is 0.316 e. The number of nitrogens with two attached hydrogens (primary N) is 1. The molecule has 196 valence electrons. The van der Waals surface area contributed by atoms with Gasteiger partial charge >= 0.3 is 6.03 Å². The fourth-order valence-electron chi connectivity index (χ4n) is 3.96. The summed E-state index contributed by atoms with van der Waals surface area (Å²) in [5.41, 5.74) is 8.12. The van der Waals surface area contributed by atoms with E-state index in [2.05, 4.69) is 16.0 Å². The van der Waals surface area contributed by atoms with E-state index in [0.29, 0.717) is 18.5 Å². The minimum Gasteiger partial charge on any atom is -0.506 e. The number of β-amino-alcohol motifs (C(OH)–C–C–N with tert-alkyl or cyclic N) is 1. The zero-order valence-corrected chi connectivity index (χ0v) is 20.9. The number of aliphatic hydroxyl groups is 1. The number of hydrogen-bond acceptors (Lipinski definition) is 5. The Morgan fingerprint density at radius 2 is 1.70 bits per heavy atom. The van der Waals surface area contributed by atoms with Crippen LogP contribution in [0.25, 0.3) is 0 Å². The van der Waals surface area contributed by atoms with Crippen molar-refractivity contribution >= 4 is 17.6 Å². The highest BCUT2D eigenvalue weighted by Gasteiger charge is 2.21. The highest BCUT2D eigenvalue weighted by Crippen LogP contribution is 2.27. The molecule has 0 fully saturated rings. The van der Waals surface area contributed by atoms with Crippen LogP contribution in [0.3, 0.4) is 0 Å².